The average molecular weight is 743 g/mol. The van der Waals surface area contributed by atoms with Gasteiger partial charge in [0.05, 0.1) is 11.0 Å². The van der Waals surface area contributed by atoms with Crippen molar-refractivity contribution in [3.05, 3.63) is 206 Å². The summed E-state index contributed by atoms with van der Waals surface area (Å²) in [6.45, 7) is 0. The van der Waals surface area contributed by atoms with Crippen molar-refractivity contribution in [1.29, 1.82) is 0 Å². The Balaban J connectivity index is 1.01. The Morgan fingerprint density at radius 2 is 0.948 bits per heavy atom. The molecule has 9 aromatic carbocycles. The molecule has 0 amide bonds. The van der Waals surface area contributed by atoms with Gasteiger partial charge < -0.3 is 18.3 Å². The first-order valence-electron chi connectivity index (χ1n) is 19.7. The van der Waals surface area contributed by atoms with Crippen molar-refractivity contribution in [2.24, 2.45) is 0 Å². The van der Waals surface area contributed by atoms with Crippen LogP contribution in [0.25, 0.3) is 93.6 Å². The van der Waals surface area contributed by atoms with E-state index < -0.39 is 0 Å². The molecule has 0 radical (unpaired) electrons. The smallest absolute Gasteiger partial charge is 0.143 e. The van der Waals surface area contributed by atoms with Crippen molar-refractivity contribution in [3.8, 4) is 27.9 Å². The Kier molecular flexibility index (Phi) is 7.20. The van der Waals surface area contributed by atoms with Crippen LogP contribution in [0.15, 0.2) is 215 Å². The van der Waals surface area contributed by atoms with Crippen LogP contribution in [0.5, 0.6) is 0 Å². The van der Waals surface area contributed by atoms with Crippen LogP contribution in [0, 0.1) is 0 Å². The highest BCUT2D eigenvalue weighted by Crippen LogP contribution is 2.43. The average Bonchev–Trinajstić information content (AvgIpc) is 3.96. The number of hydrogen-bond donors (Lipinski definition) is 0. The molecule has 12 aromatic rings. The van der Waals surface area contributed by atoms with Gasteiger partial charge in [0, 0.05) is 66.7 Å². The Hall–Kier alpha value is -7.82. The Morgan fingerprint density at radius 1 is 0.328 bits per heavy atom. The molecule has 0 saturated heterocycles. The van der Waals surface area contributed by atoms with Crippen molar-refractivity contribution in [2.45, 2.75) is 0 Å². The molecule has 4 nitrogen and oxygen atoms in total. The van der Waals surface area contributed by atoms with Gasteiger partial charge in [-0.15, -0.1) is 0 Å². The molecule has 0 aliphatic carbocycles. The minimum absolute atomic E-state index is 0.857. The molecule has 3 heterocycles. The molecule has 12 rings (SSSR count). The van der Waals surface area contributed by atoms with E-state index in [4.69, 9.17) is 8.83 Å². The number of benzene rings is 9. The van der Waals surface area contributed by atoms with Crippen LogP contribution in [0.2, 0.25) is 0 Å². The lowest BCUT2D eigenvalue weighted by atomic mass is 10.00. The molecule has 3 aromatic heterocycles. The second-order valence-electron chi connectivity index (χ2n) is 14.9. The molecule has 272 valence electrons. The standard InChI is InChI=1S/C54H34N2O2/c1-3-12-36(13-4-1)42-18-11-19-47-48-32-37(24-31-52(48)58-54(42)47)35-22-25-39(26-23-35)55(41-28-30-46-45-17-8-10-21-51(45)57-53(46)34-41)40-27-29-44-43-16-7-9-20-49(43)56(50(44)33-40)38-14-5-2-6-15-38/h1-34H. The van der Waals surface area contributed by atoms with E-state index in [9.17, 15) is 0 Å². The van der Waals surface area contributed by atoms with Crippen LogP contribution >= 0.6 is 0 Å². The fourth-order valence-corrected chi connectivity index (χ4v) is 8.88. The number of para-hydroxylation sites is 4. The molecular formula is C54H34N2O2. The predicted molar refractivity (Wildman–Crippen MR) is 241 cm³/mol. The number of fused-ring (bicyclic) bond motifs is 9. The summed E-state index contributed by atoms with van der Waals surface area (Å²) in [6, 6.07) is 73.2. The molecule has 0 atom stereocenters. The highest BCUT2D eigenvalue weighted by atomic mass is 16.3. The maximum atomic E-state index is 6.50. The first-order chi connectivity index (χ1) is 28.7. The number of rotatable bonds is 6. The summed E-state index contributed by atoms with van der Waals surface area (Å²) in [6.07, 6.45) is 0. The largest absolute Gasteiger partial charge is 0.456 e. The molecule has 4 heteroatoms. The number of hydrogen-bond acceptors (Lipinski definition) is 3. The van der Waals surface area contributed by atoms with Crippen LogP contribution in [-0.4, -0.2) is 4.57 Å². The third-order valence-electron chi connectivity index (χ3n) is 11.6. The summed E-state index contributed by atoms with van der Waals surface area (Å²) in [5.41, 5.74) is 14.6. The van der Waals surface area contributed by atoms with Crippen LogP contribution in [0.3, 0.4) is 0 Å². The summed E-state index contributed by atoms with van der Waals surface area (Å²) in [4.78, 5) is 2.33. The molecule has 0 N–H and O–H groups in total. The molecule has 0 unspecified atom stereocenters. The second kappa shape index (κ2) is 12.9. The number of anilines is 3. The fraction of sp³-hybridized carbons (Fsp3) is 0. The molecule has 0 saturated carbocycles. The molecule has 0 spiro atoms. The molecule has 0 aliphatic heterocycles. The van der Waals surface area contributed by atoms with Gasteiger partial charge in [-0.3, -0.25) is 0 Å². The van der Waals surface area contributed by atoms with Gasteiger partial charge in [0.1, 0.15) is 22.3 Å². The molecule has 0 bridgehead atoms. The fourth-order valence-electron chi connectivity index (χ4n) is 8.88. The summed E-state index contributed by atoms with van der Waals surface area (Å²) in [5.74, 6) is 0. The van der Waals surface area contributed by atoms with Crippen molar-refractivity contribution in [1.82, 2.24) is 4.57 Å². The zero-order chi connectivity index (χ0) is 38.2. The molecule has 0 aliphatic rings. The molecular weight excluding hydrogens is 709 g/mol. The Labute approximate surface area is 334 Å². The van der Waals surface area contributed by atoms with Crippen LogP contribution in [-0.2, 0) is 0 Å². The third-order valence-corrected chi connectivity index (χ3v) is 11.6. The van der Waals surface area contributed by atoms with E-state index in [0.717, 1.165) is 94.4 Å². The third kappa shape index (κ3) is 5.09. The normalized spacial score (nSPS) is 11.8. The van der Waals surface area contributed by atoms with Crippen molar-refractivity contribution in [3.63, 3.8) is 0 Å². The van der Waals surface area contributed by atoms with E-state index in [1.165, 1.54) is 16.3 Å². The van der Waals surface area contributed by atoms with E-state index in [0.29, 0.717) is 0 Å². The monoisotopic (exact) mass is 742 g/mol. The van der Waals surface area contributed by atoms with E-state index in [1.807, 2.05) is 18.2 Å². The summed E-state index contributed by atoms with van der Waals surface area (Å²) < 4.78 is 15.3. The topological polar surface area (TPSA) is 34.5 Å². The van der Waals surface area contributed by atoms with Gasteiger partial charge in [-0.25, -0.2) is 0 Å². The minimum Gasteiger partial charge on any atom is -0.456 e. The van der Waals surface area contributed by atoms with E-state index >= 15 is 0 Å². The van der Waals surface area contributed by atoms with Gasteiger partial charge in [0.25, 0.3) is 0 Å². The van der Waals surface area contributed by atoms with Crippen molar-refractivity contribution >= 4 is 82.7 Å². The highest BCUT2D eigenvalue weighted by molar-refractivity contribution is 6.12. The second-order valence-corrected chi connectivity index (χ2v) is 14.9. The lowest BCUT2D eigenvalue weighted by molar-refractivity contribution is 0.669. The summed E-state index contributed by atoms with van der Waals surface area (Å²) in [5, 5.41) is 6.89. The zero-order valence-electron chi connectivity index (χ0n) is 31.3. The van der Waals surface area contributed by atoms with E-state index in [-0.39, 0.29) is 0 Å². The summed E-state index contributed by atoms with van der Waals surface area (Å²) in [7, 11) is 0. The Bertz CT molecular complexity index is 3500. The van der Waals surface area contributed by atoms with Gasteiger partial charge in [-0.2, -0.15) is 0 Å². The van der Waals surface area contributed by atoms with Crippen molar-refractivity contribution < 1.29 is 8.83 Å². The predicted octanol–water partition coefficient (Wildman–Crippen LogP) is 15.4. The maximum absolute atomic E-state index is 6.50. The van der Waals surface area contributed by atoms with Crippen LogP contribution in [0.1, 0.15) is 0 Å². The van der Waals surface area contributed by atoms with Gasteiger partial charge in [-0.05, 0) is 89.5 Å². The SMILES string of the molecule is c1ccc(-c2cccc3c2oc2ccc(-c4ccc(N(c5ccc6c(c5)oc5ccccc56)c5ccc6c7ccccc7n(-c7ccccc7)c6c5)cc4)cc23)cc1. The van der Waals surface area contributed by atoms with Gasteiger partial charge in [0.15, 0.2) is 0 Å². The van der Waals surface area contributed by atoms with Gasteiger partial charge in [0.2, 0.25) is 0 Å². The number of furan rings is 2. The van der Waals surface area contributed by atoms with Gasteiger partial charge >= 0.3 is 0 Å². The highest BCUT2D eigenvalue weighted by Gasteiger charge is 2.20. The maximum Gasteiger partial charge on any atom is 0.143 e. The number of nitrogens with zero attached hydrogens (tertiary/aromatic N) is 2. The molecule has 0 fully saturated rings. The lowest BCUT2D eigenvalue weighted by Gasteiger charge is -2.26. The first-order valence-corrected chi connectivity index (χ1v) is 19.7. The first kappa shape index (κ1) is 32.4. The minimum atomic E-state index is 0.857. The van der Waals surface area contributed by atoms with Crippen molar-refractivity contribution in [2.75, 3.05) is 4.90 Å². The summed E-state index contributed by atoms with van der Waals surface area (Å²) >= 11 is 0. The quantitative estimate of drug-likeness (QED) is 0.170. The molecule has 58 heavy (non-hydrogen) atoms. The van der Waals surface area contributed by atoms with E-state index in [1.54, 1.807) is 0 Å². The van der Waals surface area contributed by atoms with E-state index in [2.05, 4.69) is 198 Å². The van der Waals surface area contributed by atoms with Crippen LogP contribution in [0.4, 0.5) is 17.1 Å². The van der Waals surface area contributed by atoms with Crippen LogP contribution < -0.4 is 4.90 Å². The Morgan fingerprint density at radius 3 is 1.79 bits per heavy atom. The number of aromatic nitrogens is 1. The van der Waals surface area contributed by atoms with Gasteiger partial charge in [-0.1, -0.05) is 127 Å². The zero-order valence-corrected chi connectivity index (χ0v) is 31.3. The lowest BCUT2D eigenvalue weighted by Crippen LogP contribution is -2.10.